The zero-order valence-corrected chi connectivity index (χ0v) is 16.0. The summed E-state index contributed by atoms with van der Waals surface area (Å²) in [6.45, 7) is 4.62. The van der Waals surface area contributed by atoms with Gasteiger partial charge in [0.25, 0.3) is 0 Å². The summed E-state index contributed by atoms with van der Waals surface area (Å²) < 4.78 is 7.32. The third-order valence-corrected chi connectivity index (χ3v) is 5.04. The number of hydrogen-bond donors (Lipinski definition) is 1. The molecule has 2 aromatic heterocycles. The second-order valence-electron chi connectivity index (χ2n) is 5.66. The average Bonchev–Trinajstić information content (AvgIpc) is 3.28. The van der Waals surface area contributed by atoms with Gasteiger partial charge >= 0.3 is 0 Å². The SMILES string of the molecule is CCn1c(SCC(=O)N[C@H](C)c2cccc(Cl)c2)nnc1-c1ccco1. The molecule has 0 radical (unpaired) electrons. The molecule has 0 saturated carbocycles. The molecule has 1 amide bonds. The van der Waals surface area contributed by atoms with Gasteiger partial charge in [0, 0.05) is 11.6 Å². The number of nitrogens with zero attached hydrogens (tertiary/aromatic N) is 3. The normalized spacial score (nSPS) is 12.1. The van der Waals surface area contributed by atoms with Crippen molar-refractivity contribution in [1.29, 1.82) is 0 Å². The van der Waals surface area contributed by atoms with Gasteiger partial charge in [-0.05, 0) is 43.7 Å². The number of benzene rings is 1. The van der Waals surface area contributed by atoms with E-state index in [0.717, 1.165) is 5.56 Å². The van der Waals surface area contributed by atoms with Crippen LogP contribution in [0.1, 0.15) is 25.5 Å². The molecule has 0 aliphatic carbocycles. The van der Waals surface area contributed by atoms with E-state index >= 15 is 0 Å². The first-order valence-electron chi connectivity index (χ1n) is 8.23. The molecular weight excluding hydrogens is 372 g/mol. The molecular formula is C18H19ClN4O2S. The minimum absolute atomic E-state index is 0.0762. The van der Waals surface area contributed by atoms with Crippen molar-refractivity contribution in [3.05, 3.63) is 53.2 Å². The molecule has 26 heavy (non-hydrogen) atoms. The molecule has 8 heteroatoms. The van der Waals surface area contributed by atoms with Crippen molar-refractivity contribution in [2.24, 2.45) is 0 Å². The third-order valence-electron chi connectivity index (χ3n) is 3.83. The van der Waals surface area contributed by atoms with Crippen LogP contribution in [0.4, 0.5) is 0 Å². The van der Waals surface area contributed by atoms with Gasteiger partial charge in [0.1, 0.15) is 0 Å². The summed E-state index contributed by atoms with van der Waals surface area (Å²) in [4.78, 5) is 12.3. The predicted molar refractivity (Wildman–Crippen MR) is 102 cm³/mol. The molecule has 0 fully saturated rings. The van der Waals surface area contributed by atoms with Gasteiger partial charge in [-0.15, -0.1) is 10.2 Å². The van der Waals surface area contributed by atoms with Crippen LogP contribution in [0.25, 0.3) is 11.6 Å². The van der Waals surface area contributed by atoms with Crippen molar-refractivity contribution in [2.75, 3.05) is 5.75 Å². The molecule has 136 valence electrons. The van der Waals surface area contributed by atoms with Crippen LogP contribution in [-0.2, 0) is 11.3 Å². The third kappa shape index (κ3) is 4.28. The van der Waals surface area contributed by atoms with Crippen LogP contribution in [0.3, 0.4) is 0 Å². The molecule has 0 saturated heterocycles. The zero-order valence-electron chi connectivity index (χ0n) is 14.5. The Kier molecular flexibility index (Phi) is 6.00. The smallest absolute Gasteiger partial charge is 0.230 e. The Balaban J connectivity index is 1.61. The second-order valence-corrected chi connectivity index (χ2v) is 7.04. The van der Waals surface area contributed by atoms with E-state index in [4.69, 9.17) is 16.0 Å². The Morgan fingerprint density at radius 3 is 2.88 bits per heavy atom. The van der Waals surface area contributed by atoms with Gasteiger partial charge in [-0.2, -0.15) is 0 Å². The van der Waals surface area contributed by atoms with Crippen LogP contribution in [-0.4, -0.2) is 26.4 Å². The molecule has 3 aromatic rings. The Morgan fingerprint density at radius 1 is 1.35 bits per heavy atom. The molecule has 6 nitrogen and oxygen atoms in total. The van der Waals surface area contributed by atoms with Crippen LogP contribution in [0, 0.1) is 0 Å². The minimum atomic E-state index is -0.121. The van der Waals surface area contributed by atoms with E-state index in [0.29, 0.717) is 28.3 Å². The molecule has 3 rings (SSSR count). The maximum atomic E-state index is 12.3. The van der Waals surface area contributed by atoms with Crippen molar-refractivity contribution in [1.82, 2.24) is 20.1 Å². The quantitative estimate of drug-likeness (QED) is 0.612. The molecule has 0 spiro atoms. The molecule has 1 aromatic carbocycles. The Hall–Kier alpha value is -2.25. The maximum Gasteiger partial charge on any atom is 0.230 e. The molecule has 0 bridgehead atoms. The van der Waals surface area contributed by atoms with Crippen molar-refractivity contribution < 1.29 is 9.21 Å². The van der Waals surface area contributed by atoms with Crippen molar-refractivity contribution >= 4 is 29.3 Å². The number of halogens is 1. The summed E-state index contributed by atoms with van der Waals surface area (Å²) in [5, 5.41) is 12.7. The van der Waals surface area contributed by atoms with E-state index in [1.807, 2.05) is 54.8 Å². The fourth-order valence-electron chi connectivity index (χ4n) is 2.54. The highest BCUT2D eigenvalue weighted by Gasteiger charge is 2.17. The van der Waals surface area contributed by atoms with Crippen LogP contribution >= 0.6 is 23.4 Å². The lowest BCUT2D eigenvalue weighted by molar-refractivity contribution is -0.119. The van der Waals surface area contributed by atoms with Crippen LogP contribution < -0.4 is 5.32 Å². The van der Waals surface area contributed by atoms with Crippen molar-refractivity contribution in [3.8, 4) is 11.6 Å². The van der Waals surface area contributed by atoms with E-state index in [1.54, 1.807) is 6.26 Å². The van der Waals surface area contributed by atoms with Crippen LogP contribution in [0.15, 0.2) is 52.2 Å². The first-order valence-corrected chi connectivity index (χ1v) is 9.59. The van der Waals surface area contributed by atoms with Gasteiger partial charge in [-0.25, -0.2) is 0 Å². The van der Waals surface area contributed by atoms with Gasteiger partial charge in [-0.1, -0.05) is 35.5 Å². The minimum Gasteiger partial charge on any atom is -0.461 e. The summed E-state index contributed by atoms with van der Waals surface area (Å²) in [6.07, 6.45) is 1.60. The van der Waals surface area contributed by atoms with Crippen LogP contribution in [0.2, 0.25) is 5.02 Å². The predicted octanol–water partition coefficient (Wildman–Crippen LogP) is 4.18. The van der Waals surface area contributed by atoms with Gasteiger partial charge in [0.2, 0.25) is 5.91 Å². The largest absolute Gasteiger partial charge is 0.461 e. The molecule has 0 unspecified atom stereocenters. The van der Waals surface area contributed by atoms with E-state index in [1.165, 1.54) is 11.8 Å². The number of hydrogen-bond acceptors (Lipinski definition) is 5. The zero-order chi connectivity index (χ0) is 18.5. The molecule has 0 aliphatic rings. The van der Waals surface area contributed by atoms with Gasteiger partial charge in [0.05, 0.1) is 18.1 Å². The number of aromatic nitrogens is 3. The highest BCUT2D eigenvalue weighted by Crippen LogP contribution is 2.24. The summed E-state index contributed by atoms with van der Waals surface area (Å²) >= 11 is 7.35. The summed E-state index contributed by atoms with van der Waals surface area (Å²) in [7, 11) is 0. The molecule has 2 heterocycles. The molecule has 0 aliphatic heterocycles. The summed E-state index contributed by atoms with van der Waals surface area (Å²) in [5.74, 6) is 1.49. The lowest BCUT2D eigenvalue weighted by Crippen LogP contribution is -2.28. The lowest BCUT2D eigenvalue weighted by atomic mass is 10.1. The fourth-order valence-corrected chi connectivity index (χ4v) is 3.55. The van der Waals surface area contributed by atoms with Gasteiger partial charge in [-0.3, -0.25) is 9.36 Å². The highest BCUT2D eigenvalue weighted by molar-refractivity contribution is 7.99. The Bertz CT molecular complexity index is 879. The van der Waals surface area contributed by atoms with E-state index < -0.39 is 0 Å². The van der Waals surface area contributed by atoms with E-state index in [-0.39, 0.29) is 17.7 Å². The molecule has 1 atom stereocenters. The van der Waals surface area contributed by atoms with Crippen molar-refractivity contribution in [3.63, 3.8) is 0 Å². The second kappa shape index (κ2) is 8.42. The van der Waals surface area contributed by atoms with Crippen LogP contribution in [0.5, 0.6) is 0 Å². The number of furan rings is 1. The number of nitrogens with one attached hydrogen (secondary N) is 1. The first-order chi connectivity index (χ1) is 12.6. The van der Waals surface area contributed by atoms with Gasteiger partial charge < -0.3 is 9.73 Å². The Labute approximate surface area is 160 Å². The number of amides is 1. The monoisotopic (exact) mass is 390 g/mol. The first kappa shape index (κ1) is 18.5. The highest BCUT2D eigenvalue weighted by atomic mass is 35.5. The lowest BCUT2D eigenvalue weighted by Gasteiger charge is -2.14. The topological polar surface area (TPSA) is 73.0 Å². The maximum absolute atomic E-state index is 12.3. The fraction of sp³-hybridized carbons (Fsp3) is 0.278. The number of rotatable bonds is 7. The molecule has 1 N–H and O–H groups in total. The number of carbonyl (C=O) groups excluding carboxylic acids is 1. The van der Waals surface area contributed by atoms with E-state index in [9.17, 15) is 4.79 Å². The number of thioether (sulfide) groups is 1. The standard InChI is InChI=1S/C18H19ClN4O2S/c1-3-23-17(15-8-5-9-25-15)21-22-18(23)26-11-16(24)20-12(2)13-6-4-7-14(19)10-13/h4-10,12H,3,11H2,1-2H3,(H,20,24)/t12-/m1/s1. The number of carbonyl (C=O) groups is 1. The average molecular weight is 391 g/mol. The van der Waals surface area contributed by atoms with Gasteiger partial charge in [0.15, 0.2) is 16.7 Å². The van der Waals surface area contributed by atoms with Crippen molar-refractivity contribution in [2.45, 2.75) is 31.6 Å². The summed E-state index contributed by atoms with van der Waals surface area (Å²) in [6, 6.07) is 11.0. The Morgan fingerprint density at radius 2 is 2.19 bits per heavy atom. The summed E-state index contributed by atoms with van der Waals surface area (Å²) in [5.41, 5.74) is 0.965. The van der Waals surface area contributed by atoms with E-state index in [2.05, 4.69) is 15.5 Å².